The van der Waals surface area contributed by atoms with E-state index in [0.29, 0.717) is 17.2 Å². The fourth-order valence-corrected chi connectivity index (χ4v) is 3.19. The van der Waals surface area contributed by atoms with Gasteiger partial charge in [-0.15, -0.1) is 0 Å². The lowest BCUT2D eigenvalue weighted by atomic mass is 10.0. The molecule has 0 aliphatic carbocycles. The first kappa shape index (κ1) is 13.1. The SMILES string of the molecule is O=S(=O)(Cl)Cc1cc(Cl)ccc1C1CCCO1. The van der Waals surface area contributed by atoms with Gasteiger partial charge in [-0.2, -0.15) is 0 Å². The third-order valence-electron chi connectivity index (χ3n) is 2.71. The Balaban J connectivity index is 2.36. The van der Waals surface area contributed by atoms with Gasteiger partial charge in [0, 0.05) is 22.3 Å². The molecule has 2 rings (SSSR count). The molecule has 1 aliphatic rings. The Morgan fingerprint density at radius 2 is 2.18 bits per heavy atom. The van der Waals surface area contributed by atoms with Crippen molar-refractivity contribution in [1.82, 2.24) is 0 Å². The Morgan fingerprint density at radius 3 is 2.76 bits per heavy atom. The van der Waals surface area contributed by atoms with Gasteiger partial charge in [0.25, 0.3) is 0 Å². The van der Waals surface area contributed by atoms with Gasteiger partial charge in [-0.25, -0.2) is 8.42 Å². The second kappa shape index (κ2) is 5.14. The van der Waals surface area contributed by atoms with Crippen molar-refractivity contribution in [3.63, 3.8) is 0 Å². The summed E-state index contributed by atoms with van der Waals surface area (Å²) in [7, 11) is 1.70. The van der Waals surface area contributed by atoms with E-state index in [0.717, 1.165) is 18.4 Å². The van der Waals surface area contributed by atoms with Crippen LogP contribution in [0.2, 0.25) is 5.02 Å². The Hall–Kier alpha value is -0.290. The van der Waals surface area contributed by atoms with Crippen molar-refractivity contribution in [3.8, 4) is 0 Å². The zero-order valence-electron chi connectivity index (χ0n) is 9.03. The highest BCUT2D eigenvalue weighted by Gasteiger charge is 2.22. The van der Waals surface area contributed by atoms with Gasteiger partial charge in [-0.05, 0) is 36.1 Å². The Bertz CT molecular complexity index is 507. The minimum Gasteiger partial charge on any atom is -0.374 e. The molecule has 0 N–H and O–H groups in total. The monoisotopic (exact) mass is 294 g/mol. The molecule has 0 amide bonds. The zero-order valence-corrected chi connectivity index (χ0v) is 11.4. The molecule has 0 spiro atoms. The third kappa shape index (κ3) is 3.58. The molecule has 0 bridgehead atoms. The largest absolute Gasteiger partial charge is 0.374 e. The maximum absolute atomic E-state index is 11.2. The van der Waals surface area contributed by atoms with Crippen LogP contribution in [-0.2, 0) is 19.5 Å². The Morgan fingerprint density at radius 1 is 1.41 bits per heavy atom. The van der Waals surface area contributed by atoms with Crippen molar-refractivity contribution in [1.29, 1.82) is 0 Å². The van der Waals surface area contributed by atoms with E-state index < -0.39 is 9.05 Å². The van der Waals surface area contributed by atoms with E-state index in [-0.39, 0.29) is 11.9 Å². The highest BCUT2D eigenvalue weighted by atomic mass is 35.7. The number of hydrogen-bond acceptors (Lipinski definition) is 3. The maximum atomic E-state index is 11.2. The first-order valence-electron chi connectivity index (χ1n) is 5.28. The van der Waals surface area contributed by atoms with Crippen LogP contribution in [0.15, 0.2) is 18.2 Å². The van der Waals surface area contributed by atoms with Gasteiger partial charge in [0.05, 0.1) is 11.9 Å². The molecule has 1 aromatic rings. The molecule has 1 unspecified atom stereocenters. The predicted molar refractivity (Wildman–Crippen MR) is 67.9 cm³/mol. The summed E-state index contributed by atoms with van der Waals surface area (Å²) in [6, 6.07) is 5.19. The highest BCUT2D eigenvalue weighted by Crippen LogP contribution is 2.33. The number of benzene rings is 1. The normalized spacial score (nSPS) is 20.7. The number of ether oxygens (including phenoxy) is 1. The van der Waals surface area contributed by atoms with Crippen LogP contribution in [0.25, 0.3) is 0 Å². The first-order valence-corrected chi connectivity index (χ1v) is 8.13. The standard InChI is InChI=1S/C11H12Cl2O3S/c12-9-3-4-10(11-2-1-5-16-11)8(6-9)7-17(13,14)15/h3-4,6,11H,1-2,5,7H2. The molecule has 1 saturated heterocycles. The molecule has 1 heterocycles. The van der Waals surface area contributed by atoms with E-state index in [4.69, 9.17) is 27.0 Å². The minimum atomic E-state index is -3.59. The van der Waals surface area contributed by atoms with Crippen molar-refractivity contribution in [3.05, 3.63) is 34.3 Å². The molecule has 0 radical (unpaired) electrons. The van der Waals surface area contributed by atoms with E-state index in [1.54, 1.807) is 12.1 Å². The molecule has 17 heavy (non-hydrogen) atoms. The molecule has 1 atom stereocenters. The third-order valence-corrected chi connectivity index (χ3v) is 3.93. The van der Waals surface area contributed by atoms with Crippen LogP contribution in [0, 0.1) is 0 Å². The van der Waals surface area contributed by atoms with Crippen molar-refractivity contribution >= 4 is 31.3 Å². The zero-order chi connectivity index (χ0) is 12.5. The summed E-state index contributed by atoms with van der Waals surface area (Å²) in [5.41, 5.74) is 1.50. The fourth-order valence-electron chi connectivity index (χ4n) is 2.02. The number of hydrogen-bond donors (Lipinski definition) is 0. The van der Waals surface area contributed by atoms with E-state index in [2.05, 4.69) is 0 Å². The summed E-state index contributed by atoms with van der Waals surface area (Å²) in [6.07, 6.45) is 1.85. The lowest BCUT2D eigenvalue weighted by Gasteiger charge is -2.14. The van der Waals surface area contributed by atoms with Crippen molar-refractivity contribution < 1.29 is 13.2 Å². The first-order chi connectivity index (χ1) is 7.96. The molecule has 0 saturated carbocycles. The Labute approximate surface area is 110 Å². The average Bonchev–Trinajstić information content (AvgIpc) is 2.68. The minimum absolute atomic E-state index is 0.0410. The van der Waals surface area contributed by atoms with Gasteiger partial charge >= 0.3 is 0 Å². The molecular weight excluding hydrogens is 283 g/mol. The summed E-state index contributed by atoms with van der Waals surface area (Å²) in [4.78, 5) is 0. The van der Waals surface area contributed by atoms with Gasteiger partial charge in [-0.3, -0.25) is 0 Å². The lowest BCUT2D eigenvalue weighted by Crippen LogP contribution is -2.04. The average molecular weight is 295 g/mol. The van der Waals surface area contributed by atoms with Gasteiger partial charge in [-0.1, -0.05) is 17.7 Å². The maximum Gasteiger partial charge on any atom is 0.236 e. The molecule has 6 heteroatoms. The quantitative estimate of drug-likeness (QED) is 0.804. The van der Waals surface area contributed by atoms with Crippen molar-refractivity contribution in [2.24, 2.45) is 0 Å². The van der Waals surface area contributed by atoms with Gasteiger partial charge < -0.3 is 4.74 Å². The summed E-state index contributed by atoms with van der Waals surface area (Å²) in [5.74, 6) is -0.218. The van der Waals surface area contributed by atoms with Crippen molar-refractivity contribution in [2.45, 2.75) is 24.7 Å². The van der Waals surface area contributed by atoms with Crippen LogP contribution < -0.4 is 0 Å². The number of rotatable bonds is 3. The van der Waals surface area contributed by atoms with Crippen LogP contribution >= 0.6 is 22.3 Å². The topological polar surface area (TPSA) is 43.4 Å². The van der Waals surface area contributed by atoms with Crippen LogP contribution in [0.4, 0.5) is 0 Å². The van der Waals surface area contributed by atoms with E-state index in [1.165, 1.54) is 0 Å². The molecule has 3 nitrogen and oxygen atoms in total. The predicted octanol–water partition coefficient (Wildman–Crippen LogP) is 3.26. The lowest BCUT2D eigenvalue weighted by molar-refractivity contribution is 0.111. The van der Waals surface area contributed by atoms with Crippen LogP contribution in [0.1, 0.15) is 30.1 Å². The molecular formula is C11H12Cl2O3S. The molecule has 1 aliphatic heterocycles. The fraction of sp³-hybridized carbons (Fsp3) is 0.455. The van der Waals surface area contributed by atoms with E-state index in [9.17, 15) is 8.42 Å². The van der Waals surface area contributed by atoms with E-state index >= 15 is 0 Å². The van der Waals surface area contributed by atoms with Crippen LogP contribution in [0.3, 0.4) is 0 Å². The highest BCUT2D eigenvalue weighted by molar-refractivity contribution is 8.13. The second-order valence-electron chi connectivity index (χ2n) is 4.03. The Kier molecular flexibility index (Phi) is 3.98. The van der Waals surface area contributed by atoms with Gasteiger partial charge in [0.15, 0.2) is 0 Å². The van der Waals surface area contributed by atoms with Gasteiger partial charge in [0.1, 0.15) is 0 Å². The number of halogens is 2. The summed E-state index contributed by atoms with van der Waals surface area (Å²) >= 11 is 5.87. The summed E-state index contributed by atoms with van der Waals surface area (Å²) in [5, 5.41) is 0.502. The summed E-state index contributed by atoms with van der Waals surface area (Å²) in [6.45, 7) is 0.709. The smallest absolute Gasteiger partial charge is 0.236 e. The summed E-state index contributed by atoms with van der Waals surface area (Å²) < 4.78 is 27.9. The van der Waals surface area contributed by atoms with Crippen LogP contribution in [-0.4, -0.2) is 15.0 Å². The van der Waals surface area contributed by atoms with E-state index in [1.807, 2.05) is 6.07 Å². The molecule has 1 aromatic carbocycles. The molecule has 0 aromatic heterocycles. The molecule has 1 fully saturated rings. The molecule has 94 valence electrons. The van der Waals surface area contributed by atoms with Gasteiger partial charge in [0.2, 0.25) is 9.05 Å². The second-order valence-corrected chi connectivity index (χ2v) is 7.24. The van der Waals surface area contributed by atoms with Crippen molar-refractivity contribution in [2.75, 3.05) is 6.61 Å². The van der Waals surface area contributed by atoms with Crippen LogP contribution in [0.5, 0.6) is 0 Å².